The molecule has 3 rings (SSSR count). The first-order chi connectivity index (χ1) is 12.4. The fourth-order valence-electron chi connectivity index (χ4n) is 2.86. The second-order valence-electron chi connectivity index (χ2n) is 6.41. The first kappa shape index (κ1) is 18.6. The van der Waals surface area contributed by atoms with Gasteiger partial charge in [-0.2, -0.15) is 0 Å². The second kappa shape index (κ2) is 7.59. The van der Waals surface area contributed by atoms with Crippen molar-refractivity contribution < 1.29 is 13.2 Å². The molecule has 2 heterocycles. The van der Waals surface area contributed by atoms with Crippen LogP contribution in [0.5, 0.6) is 0 Å². The summed E-state index contributed by atoms with van der Waals surface area (Å²) in [5.41, 5.74) is 7.92. The summed E-state index contributed by atoms with van der Waals surface area (Å²) >= 11 is 0. The summed E-state index contributed by atoms with van der Waals surface area (Å²) in [4.78, 5) is 10.5. The van der Waals surface area contributed by atoms with Crippen LogP contribution < -0.4 is 10.6 Å². The molecule has 0 bridgehead atoms. The average Bonchev–Trinajstić information content (AvgIpc) is 2.68. The third kappa shape index (κ3) is 3.81. The topological polar surface area (TPSA) is 98.4 Å². The minimum absolute atomic E-state index is 0.186. The van der Waals surface area contributed by atoms with E-state index in [2.05, 4.69) is 14.9 Å². The highest BCUT2D eigenvalue weighted by molar-refractivity contribution is 7.92. The van der Waals surface area contributed by atoms with Gasteiger partial charge in [0.2, 0.25) is 5.95 Å². The predicted octanol–water partition coefficient (Wildman–Crippen LogP) is 2.13. The molecular formula is C18H24N4O3S. The van der Waals surface area contributed by atoms with Crippen molar-refractivity contribution in [2.24, 2.45) is 0 Å². The molecular weight excluding hydrogens is 352 g/mol. The van der Waals surface area contributed by atoms with Crippen molar-refractivity contribution in [2.75, 3.05) is 36.9 Å². The van der Waals surface area contributed by atoms with Crippen molar-refractivity contribution in [3.63, 3.8) is 0 Å². The van der Waals surface area contributed by atoms with Gasteiger partial charge >= 0.3 is 0 Å². The van der Waals surface area contributed by atoms with Crippen LogP contribution in [-0.4, -0.2) is 49.9 Å². The van der Waals surface area contributed by atoms with Crippen LogP contribution in [0.3, 0.4) is 0 Å². The van der Waals surface area contributed by atoms with Crippen molar-refractivity contribution in [3.8, 4) is 11.1 Å². The molecule has 1 fully saturated rings. The first-order valence-electron chi connectivity index (χ1n) is 8.71. The van der Waals surface area contributed by atoms with Gasteiger partial charge in [0.1, 0.15) is 0 Å². The van der Waals surface area contributed by atoms with Gasteiger partial charge in [-0.25, -0.2) is 18.4 Å². The minimum Gasteiger partial charge on any atom is -0.378 e. The molecule has 1 atom stereocenters. The van der Waals surface area contributed by atoms with Crippen LogP contribution in [0.2, 0.25) is 0 Å². The fourth-order valence-corrected chi connectivity index (χ4v) is 4.34. The average molecular weight is 376 g/mol. The zero-order valence-electron chi connectivity index (χ0n) is 15.1. The van der Waals surface area contributed by atoms with Gasteiger partial charge in [-0.3, -0.25) is 0 Å². The van der Waals surface area contributed by atoms with Crippen LogP contribution in [0.4, 0.5) is 11.6 Å². The molecule has 1 saturated heterocycles. The van der Waals surface area contributed by atoms with Crippen molar-refractivity contribution in [2.45, 2.75) is 30.4 Å². The van der Waals surface area contributed by atoms with E-state index >= 15 is 0 Å². The summed E-state index contributed by atoms with van der Waals surface area (Å²) in [6.07, 6.45) is 3.78. The molecule has 140 valence electrons. The number of anilines is 2. The Morgan fingerprint density at radius 2 is 1.81 bits per heavy atom. The standard InChI is InChI=1S/C18H24N4O3S/c1-3-13(2)26(23,24)17-9-14(15-11-20-18(19)21-12-15)8-16(10-17)22-4-6-25-7-5-22/h8-13H,3-7H2,1-2H3,(H2,19,20,21)/t13-/m0/s1. The summed E-state index contributed by atoms with van der Waals surface area (Å²) < 4.78 is 31.3. The van der Waals surface area contributed by atoms with E-state index in [1.165, 1.54) is 0 Å². The van der Waals surface area contributed by atoms with Gasteiger partial charge < -0.3 is 15.4 Å². The van der Waals surface area contributed by atoms with Crippen LogP contribution in [0.25, 0.3) is 11.1 Å². The van der Waals surface area contributed by atoms with E-state index in [-0.39, 0.29) is 5.95 Å². The molecule has 1 aromatic carbocycles. The quantitative estimate of drug-likeness (QED) is 0.853. The minimum atomic E-state index is -3.41. The monoisotopic (exact) mass is 376 g/mol. The lowest BCUT2D eigenvalue weighted by atomic mass is 10.1. The summed E-state index contributed by atoms with van der Waals surface area (Å²) in [5.74, 6) is 0.186. The Bertz CT molecular complexity index is 863. The highest BCUT2D eigenvalue weighted by Gasteiger charge is 2.24. The summed E-state index contributed by atoms with van der Waals surface area (Å²) in [7, 11) is -3.41. The molecule has 8 heteroatoms. The molecule has 1 aliphatic rings. The molecule has 0 radical (unpaired) electrons. The lowest BCUT2D eigenvalue weighted by molar-refractivity contribution is 0.122. The Morgan fingerprint density at radius 3 is 2.42 bits per heavy atom. The molecule has 1 aromatic heterocycles. The molecule has 0 amide bonds. The fraction of sp³-hybridized carbons (Fsp3) is 0.444. The van der Waals surface area contributed by atoms with E-state index in [9.17, 15) is 8.42 Å². The van der Waals surface area contributed by atoms with Gasteiger partial charge in [0.25, 0.3) is 0 Å². The first-order valence-corrected chi connectivity index (χ1v) is 10.3. The lowest BCUT2D eigenvalue weighted by Crippen LogP contribution is -2.36. The number of aromatic nitrogens is 2. The molecule has 2 N–H and O–H groups in total. The Labute approximate surface area is 154 Å². The highest BCUT2D eigenvalue weighted by atomic mass is 32.2. The largest absolute Gasteiger partial charge is 0.378 e. The smallest absolute Gasteiger partial charge is 0.219 e. The molecule has 26 heavy (non-hydrogen) atoms. The van der Waals surface area contributed by atoms with Crippen LogP contribution in [0, 0.1) is 0 Å². The van der Waals surface area contributed by atoms with E-state index in [0.717, 1.165) is 29.9 Å². The molecule has 0 unspecified atom stereocenters. The second-order valence-corrected chi connectivity index (χ2v) is 8.77. The van der Waals surface area contributed by atoms with Crippen molar-refractivity contribution in [1.82, 2.24) is 9.97 Å². The summed E-state index contributed by atoms with van der Waals surface area (Å²) in [6, 6.07) is 5.42. The number of nitrogens with two attached hydrogens (primary N) is 1. The molecule has 2 aromatic rings. The Morgan fingerprint density at radius 1 is 1.15 bits per heavy atom. The number of hydrogen-bond acceptors (Lipinski definition) is 7. The molecule has 0 spiro atoms. The van der Waals surface area contributed by atoms with Gasteiger partial charge in [-0.1, -0.05) is 6.92 Å². The van der Waals surface area contributed by atoms with Gasteiger partial charge in [-0.15, -0.1) is 0 Å². The van der Waals surface area contributed by atoms with Crippen molar-refractivity contribution >= 4 is 21.5 Å². The van der Waals surface area contributed by atoms with Crippen LogP contribution >= 0.6 is 0 Å². The lowest BCUT2D eigenvalue weighted by Gasteiger charge is -2.29. The maximum absolute atomic E-state index is 12.9. The third-order valence-corrected chi connectivity index (χ3v) is 6.99. The van der Waals surface area contributed by atoms with E-state index in [4.69, 9.17) is 10.5 Å². The number of nitrogen functional groups attached to an aromatic ring is 1. The number of ether oxygens (including phenoxy) is 1. The van der Waals surface area contributed by atoms with E-state index in [1.807, 2.05) is 13.0 Å². The predicted molar refractivity (Wildman–Crippen MR) is 102 cm³/mol. The normalized spacial score (nSPS) is 16.5. The van der Waals surface area contributed by atoms with Gasteiger partial charge in [0.15, 0.2) is 9.84 Å². The SMILES string of the molecule is CC[C@H](C)S(=O)(=O)c1cc(-c2cnc(N)nc2)cc(N2CCOCC2)c1. The number of nitrogens with zero attached hydrogens (tertiary/aromatic N) is 3. The van der Waals surface area contributed by atoms with Crippen molar-refractivity contribution in [3.05, 3.63) is 30.6 Å². The van der Waals surface area contributed by atoms with Crippen LogP contribution in [-0.2, 0) is 14.6 Å². The summed E-state index contributed by atoms with van der Waals surface area (Å²) in [6.45, 7) is 6.33. The van der Waals surface area contributed by atoms with Crippen LogP contribution in [0.1, 0.15) is 20.3 Å². The van der Waals surface area contributed by atoms with E-state index in [0.29, 0.717) is 24.5 Å². The van der Waals surface area contributed by atoms with Gasteiger partial charge in [0, 0.05) is 36.7 Å². The van der Waals surface area contributed by atoms with Crippen LogP contribution in [0.15, 0.2) is 35.5 Å². The Balaban J connectivity index is 2.11. The maximum atomic E-state index is 12.9. The maximum Gasteiger partial charge on any atom is 0.219 e. The van der Waals surface area contributed by atoms with E-state index in [1.54, 1.807) is 31.5 Å². The van der Waals surface area contributed by atoms with E-state index < -0.39 is 15.1 Å². The number of hydrogen-bond donors (Lipinski definition) is 1. The molecule has 0 aliphatic carbocycles. The van der Waals surface area contributed by atoms with Gasteiger partial charge in [0.05, 0.1) is 23.4 Å². The number of sulfone groups is 1. The molecule has 1 aliphatic heterocycles. The van der Waals surface area contributed by atoms with Crippen molar-refractivity contribution in [1.29, 1.82) is 0 Å². The number of benzene rings is 1. The number of morpholine rings is 1. The summed E-state index contributed by atoms with van der Waals surface area (Å²) in [5, 5.41) is -0.446. The van der Waals surface area contributed by atoms with Gasteiger partial charge in [-0.05, 0) is 37.1 Å². The zero-order valence-corrected chi connectivity index (χ0v) is 15.9. The third-order valence-electron chi connectivity index (χ3n) is 4.71. The number of rotatable bonds is 5. The highest BCUT2D eigenvalue weighted by Crippen LogP contribution is 2.31. The molecule has 0 saturated carbocycles. The Kier molecular flexibility index (Phi) is 5.43. The molecule has 7 nitrogen and oxygen atoms in total. The zero-order chi connectivity index (χ0) is 18.7. The Hall–Kier alpha value is -2.19.